The molecule has 0 aliphatic rings. The van der Waals surface area contributed by atoms with Gasteiger partial charge in [-0.15, -0.1) is 0 Å². The van der Waals surface area contributed by atoms with Crippen LogP contribution < -0.4 is 9.62 Å². The molecular formula is C22H24FN5O5S. The Balaban J connectivity index is 2.03. The van der Waals surface area contributed by atoms with Crippen LogP contribution in [0.25, 0.3) is 10.9 Å². The van der Waals surface area contributed by atoms with Crippen molar-refractivity contribution in [1.29, 1.82) is 0 Å². The summed E-state index contributed by atoms with van der Waals surface area (Å²) in [6.07, 6.45) is 2.40. The Morgan fingerprint density at radius 1 is 1.21 bits per heavy atom. The monoisotopic (exact) mass is 489 g/mol. The number of benzene rings is 1. The molecule has 0 aliphatic carbocycles. The molecule has 0 unspecified atom stereocenters. The standard InChI is InChI=1S/C22H24FN5O5S/c1-5-28(34(4,32)33)20-15-7-6-10-24-17(15)19(29)18(26-20)21(30)25-12-13-8-9-14(23)11-16(13)22(31)27(2)3/h6-11,29H,5,12H2,1-4H3,(H,25,30). The van der Waals surface area contributed by atoms with Crippen LogP contribution in [0, 0.1) is 5.82 Å². The number of sulfonamides is 1. The first kappa shape index (κ1) is 24.8. The molecule has 0 aliphatic heterocycles. The fraction of sp³-hybridized carbons (Fsp3) is 0.273. The summed E-state index contributed by atoms with van der Waals surface area (Å²) >= 11 is 0. The smallest absolute Gasteiger partial charge is 0.274 e. The zero-order valence-corrected chi connectivity index (χ0v) is 19.9. The van der Waals surface area contributed by atoms with Crippen molar-refractivity contribution in [2.75, 3.05) is 31.2 Å². The SMILES string of the molecule is CCN(c1nc(C(=O)NCc2ccc(F)cc2C(=O)N(C)C)c(O)c2ncccc12)S(C)(=O)=O. The Morgan fingerprint density at radius 2 is 1.91 bits per heavy atom. The maximum absolute atomic E-state index is 13.7. The summed E-state index contributed by atoms with van der Waals surface area (Å²) < 4.78 is 39.3. The number of aromatic hydroxyl groups is 1. The number of anilines is 1. The molecule has 3 rings (SSSR count). The third kappa shape index (κ3) is 4.91. The van der Waals surface area contributed by atoms with Crippen molar-refractivity contribution in [3.63, 3.8) is 0 Å². The van der Waals surface area contributed by atoms with Gasteiger partial charge in [-0.05, 0) is 36.8 Å². The number of fused-ring (bicyclic) bond motifs is 1. The molecule has 0 radical (unpaired) electrons. The molecule has 2 aromatic heterocycles. The van der Waals surface area contributed by atoms with E-state index in [1.54, 1.807) is 13.0 Å². The minimum atomic E-state index is -3.75. The minimum absolute atomic E-state index is 0.00464. The largest absolute Gasteiger partial charge is 0.504 e. The first-order valence-corrected chi connectivity index (χ1v) is 12.0. The maximum Gasteiger partial charge on any atom is 0.274 e. The average molecular weight is 490 g/mol. The van der Waals surface area contributed by atoms with Crippen molar-refractivity contribution >= 4 is 38.6 Å². The quantitative estimate of drug-likeness (QED) is 0.518. The fourth-order valence-corrected chi connectivity index (χ4v) is 4.32. The number of pyridine rings is 2. The van der Waals surface area contributed by atoms with Gasteiger partial charge in [0.2, 0.25) is 10.0 Å². The Hall–Kier alpha value is -3.80. The molecule has 12 heteroatoms. The van der Waals surface area contributed by atoms with Crippen LogP contribution >= 0.6 is 0 Å². The van der Waals surface area contributed by atoms with Crippen LogP contribution in [0.3, 0.4) is 0 Å². The highest BCUT2D eigenvalue weighted by Gasteiger charge is 2.26. The number of carbonyl (C=O) groups excluding carboxylic acids is 2. The van der Waals surface area contributed by atoms with Gasteiger partial charge in [0, 0.05) is 44.3 Å². The van der Waals surface area contributed by atoms with E-state index in [1.807, 2.05) is 0 Å². The molecule has 10 nitrogen and oxygen atoms in total. The molecule has 34 heavy (non-hydrogen) atoms. The van der Waals surface area contributed by atoms with Gasteiger partial charge in [-0.1, -0.05) is 6.07 Å². The molecule has 0 fully saturated rings. The van der Waals surface area contributed by atoms with E-state index in [0.717, 1.165) is 22.7 Å². The second-order valence-corrected chi connectivity index (χ2v) is 9.55. The molecule has 0 saturated carbocycles. The predicted octanol–water partition coefficient (Wildman–Crippen LogP) is 1.89. The molecule has 0 saturated heterocycles. The lowest BCUT2D eigenvalue weighted by Crippen LogP contribution is -2.32. The minimum Gasteiger partial charge on any atom is -0.504 e. The molecule has 2 heterocycles. The number of hydrogen-bond acceptors (Lipinski definition) is 7. The molecule has 1 aromatic carbocycles. The number of halogens is 1. The molecule has 0 atom stereocenters. The van der Waals surface area contributed by atoms with Gasteiger partial charge < -0.3 is 15.3 Å². The number of amides is 2. The molecule has 2 N–H and O–H groups in total. The Morgan fingerprint density at radius 3 is 2.53 bits per heavy atom. The second kappa shape index (κ2) is 9.59. The number of nitrogens with zero attached hydrogens (tertiary/aromatic N) is 4. The Labute approximate surface area is 196 Å². The van der Waals surface area contributed by atoms with E-state index in [9.17, 15) is 27.5 Å². The molecule has 0 spiro atoms. The van der Waals surface area contributed by atoms with E-state index in [4.69, 9.17) is 0 Å². The van der Waals surface area contributed by atoms with Crippen molar-refractivity contribution < 1.29 is 27.5 Å². The molecule has 2 amide bonds. The van der Waals surface area contributed by atoms with Crippen molar-refractivity contribution in [1.82, 2.24) is 20.2 Å². The molecular weight excluding hydrogens is 465 g/mol. The van der Waals surface area contributed by atoms with Gasteiger partial charge in [-0.3, -0.25) is 18.9 Å². The maximum atomic E-state index is 13.7. The second-order valence-electron chi connectivity index (χ2n) is 7.64. The van der Waals surface area contributed by atoms with E-state index in [2.05, 4.69) is 15.3 Å². The summed E-state index contributed by atoms with van der Waals surface area (Å²) in [6, 6.07) is 6.70. The van der Waals surface area contributed by atoms with Crippen LogP contribution in [0.5, 0.6) is 5.75 Å². The van der Waals surface area contributed by atoms with Crippen molar-refractivity contribution in [2.45, 2.75) is 13.5 Å². The van der Waals surface area contributed by atoms with E-state index >= 15 is 0 Å². The van der Waals surface area contributed by atoms with E-state index in [-0.39, 0.29) is 35.4 Å². The summed E-state index contributed by atoms with van der Waals surface area (Å²) in [5.41, 5.74) is -0.0214. The highest BCUT2D eigenvalue weighted by molar-refractivity contribution is 7.92. The van der Waals surface area contributed by atoms with Gasteiger partial charge in [0.25, 0.3) is 11.8 Å². The van der Waals surface area contributed by atoms with Crippen LogP contribution in [0.4, 0.5) is 10.2 Å². The third-order valence-corrected chi connectivity index (χ3v) is 6.23. The molecule has 3 aromatic rings. The van der Waals surface area contributed by atoms with Crippen LogP contribution in [-0.2, 0) is 16.6 Å². The third-order valence-electron chi connectivity index (χ3n) is 5.00. The van der Waals surface area contributed by atoms with Crippen LogP contribution in [0.2, 0.25) is 0 Å². The Bertz CT molecular complexity index is 1380. The fourth-order valence-electron chi connectivity index (χ4n) is 3.40. The lowest BCUT2D eigenvalue weighted by atomic mass is 10.1. The topological polar surface area (TPSA) is 133 Å². The Kier molecular flexibility index (Phi) is 7.01. The van der Waals surface area contributed by atoms with Gasteiger partial charge in [-0.2, -0.15) is 0 Å². The molecule has 180 valence electrons. The van der Waals surface area contributed by atoms with E-state index in [0.29, 0.717) is 5.56 Å². The van der Waals surface area contributed by atoms with Crippen molar-refractivity contribution in [3.05, 3.63) is 59.2 Å². The first-order valence-electron chi connectivity index (χ1n) is 10.2. The highest BCUT2D eigenvalue weighted by atomic mass is 32.2. The lowest BCUT2D eigenvalue weighted by Gasteiger charge is -2.22. The summed E-state index contributed by atoms with van der Waals surface area (Å²) in [4.78, 5) is 34.9. The van der Waals surface area contributed by atoms with Gasteiger partial charge >= 0.3 is 0 Å². The zero-order chi connectivity index (χ0) is 25.2. The normalized spacial score (nSPS) is 11.3. The number of hydrogen-bond donors (Lipinski definition) is 2. The van der Waals surface area contributed by atoms with Crippen LogP contribution in [-0.4, -0.2) is 67.1 Å². The number of carbonyl (C=O) groups is 2. The van der Waals surface area contributed by atoms with Gasteiger partial charge in [0.1, 0.15) is 11.3 Å². The summed E-state index contributed by atoms with van der Waals surface area (Å²) in [6.45, 7) is 1.47. The van der Waals surface area contributed by atoms with Crippen LogP contribution in [0.1, 0.15) is 33.3 Å². The number of nitrogens with one attached hydrogen (secondary N) is 1. The van der Waals surface area contributed by atoms with Crippen molar-refractivity contribution in [3.8, 4) is 5.75 Å². The summed E-state index contributed by atoms with van der Waals surface area (Å²) in [5, 5.41) is 13.5. The van der Waals surface area contributed by atoms with E-state index < -0.39 is 39.1 Å². The lowest BCUT2D eigenvalue weighted by molar-refractivity contribution is 0.0823. The zero-order valence-electron chi connectivity index (χ0n) is 19.0. The summed E-state index contributed by atoms with van der Waals surface area (Å²) in [5.74, 6) is -2.46. The number of rotatable bonds is 7. The van der Waals surface area contributed by atoms with Gasteiger partial charge in [0.15, 0.2) is 17.3 Å². The van der Waals surface area contributed by atoms with Gasteiger partial charge in [0.05, 0.1) is 6.26 Å². The summed E-state index contributed by atoms with van der Waals surface area (Å²) in [7, 11) is -0.713. The average Bonchev–Trinajstić information content (AvgIpc) is 2.78. The predicted molar refractivity (Wildman–Crippen MR) is 125 cm³/mol. The van der Waals surface area contributed by atoms with Crippen molar-refractivity contribution in [2.24, 2.45) is 0 Å². The first-order chi connectivity index (χ1) is 16.0. The molecule has 0 bridgehead atoms. The van der Waals surface area contributed by atoms with E-state index in [1.165, 1.54) is 37.3 Å². The number of aromatic nitrogens is 2. The highest BCUT2D eigenvalue weighted by Crippen LogP contribution is 2.33. The van der Waals surface area contributed by atoms with Gasteiger partial charge in [-0.25, -0.2) is 17.8 Å². The van der Waals surface area contributed by atoms with Crippen LogP contribution in [0.15, 0.2) is 36.5 Å².